The van der Waals surface area contributed by atoms with E-state index in [-0.39, 0.29) is 5.41 Å². The maximum atomic E-state index is 2.47. The van der Waals surface area contributed by atoms with Crippen LogP contribution in [0.1, 0.15) is 69.1 Å². The van der Waals surface area contributed by atoms with Crippen LogP contribution < -0.4 is 4.90 Å². The smallest absolute Gasteiger partial charge is 0.0540 e. The number of rotatable bonds is 7. The van der Waals surface area contributed by atoms with Gasteiger partial charge in [0.15, 0.2) is 0 Å². The van der Waals surface area contributed by atoms with Crippen molar-refractivity contribution in [2.75, 3.05) is 4.90 Å². The molecule has 0 radical (unpaired) electrons. The van der Waals surface area contributed by atoms with Crippen molar-refractivity contribution in [2.45, 2.75) is 63.2 Å². The van der Waals surface area contributed by atoms with Crippen LogP contribution in [0.2, 0.25) is 0 Å². The van der Waals surface area contributed by atoms with Gasteiger partial charge in [-0.25, -0.2) is 0 Å². The van der Waals surface area contributed by atoms with E-state index >= 15 is 0 Å². The van der Waals surface area contributed by atoms with Crippen LogP contribution in [0.15, 0.2) is 182 Å². The summed E-state index contributed by atoms with van der Waals surface area (Å²) < 4.78 is 0. The van der Waals surface area contributed by atoms with Gasteiger partial charge in [0.2, 0.25) is 0 Å². The number of nitrogens with zero attached hydrogens (tertiary/aromatic N) is 1. The predicted molar refractivity (Wildman–Crippen MR) is 252 cm³/mol. The summed E-state index contributed by atoms with van der Waals surface area (Å²) in [5.41, 5.74) is 18.3. The molecule has 60 heavy (non-hydrogen) atoms. The molecule has 0 spiro atoms. The molecule has 0 saturated heterocycles. The second kappa shape index (κ2) is 13.7. The highest BCUT2D eigenvalue weighted by Gasteiger charge is 2.51. The molecule has 0 aliphatic heterocycles. The molecule has 0 N–H and O–H groups in total. The van der Waals surface area contributed by atoms with Crippen molar-refractivity contribution in [1.29, 1.82) is 0 Å². The Morgan fingerprint density at radius 2 is 0.917 bits per heavy atom. The molecular formula is C59H51N. The first-order valence-electron chi connectivity index (χ1n) is 22.3. The van der Waals surface area contributed by atoms with Gasteiger partial charge in [0.1, 0.15) is 0 Å². The van der Waals surface area contributed by atoms with Crippen LogP contribution in [0.5, 0.6) is 0 Å². The van der Waals surface area contributed by atoms with Crippen LogP contribution in [-0.2, 0) is 10.8 Å². The predicted octanol–water partition coefficient (Wildman–Crippen LogP) is 16.1. The van der Waals surface area contributed by atoms with Crippen LogP contribution in [0.25, 0.3) is 55.3 Å². The highest BCUT2D eigenvalue weighted by atomic mass is 15.1. The molecule has 0 atom stereocenters. The molecule has 0 amide bonds. The first-order valence-corrected chi connectivity index (χ1v) is 22.3. The molecule has 0 aromatic heterocycles. The normalized spacial score (nSPS) is 21.8. The summed E-state index contributed by atoms with van der Waals surface area (Å²) >= 11 is 0. The quantitative estimate of drug-likeness (QED) is 0.156. The van der Waals surface area contributed by atoms with E-state index < -0.39 is 0 Å². The molecule has 4 fully saturated rings. The fourth-order valence-corrected chi connectivity index (χ4v) is 12.8. The van der Waals surface area contributed by atoms with Gasteiger partial charge in [0, 0.05) is 22.4 Å². The van der Waals surface area contributed by atoms with E-state index in [9.17, 15) is 0 Å². The van der Waals surface area contributed by atoms with Crippen molar-refractivity contribution >= 4 is 27.8 Å². The van der Waals surface area contributed by atoms with E-state index in [4.69, 9.17) is 0 Å². The lowest BCUT2D eigenvalue weighted by molar-refractivity contribution is -0.00518. The fourth-order valence-electron chi connectivity index (χ4n) is 12.8. The Bertz CT molecular complexity index is 2870. The Hall–Kier alpha value is -6.18. The van der Waals surface area contributed by atoms with Crippen LogP contribution in [0.4, 0.5) is 17.1 Å². The topological polar surface area (TPSA) is 3.24 Å². The second-order valence-electron chi connectivity index (χ2n) is 19.2. The van der Waals surface area contributed by atoms with Gasteiger partial charge in [-0.2, -0.15) is 0 Å². The van der Waals surface area contributed by atoms with Gasteiger partial charge < -0.3 is 4.90 Å². The SMILES string of the molecule is CC1(C)c2ccccc2-c2ccc(N(c3ccc(-c4ccc(-c5ccc(C67CC8CC(CC(C8)C6)C7)cc5)cc4)cc3)c3ccccc3-c3cccc4ccccc34)cc21. The average molecular weight is 774 g/mol. The zero-order valence-electron chi connectivity index (χ0n) is 34.7. The summed E-state index contributed by atoms with van der Waals surface area (Å²) in [7, 11) is 0. The van der Waals surface area contributed by atoms with E-state index in [1.54, 1.807) is 5.56 Å². The van der Waals surface area contributed by atoms with Crippen molar-refractivity contribution in [3.63, 3.8) is 0 Å². The first kappa shape index (κ1) is 35.7. The van der Waals surface area contributed by atoms with Crippen LogP contribution in [-0.4, -0.2) is 0 Å². The van der Waals surface area contributed by atoms with Gasteiger partial charge in [0.05, 0.1) is 5.69 Å². The summed E-state index contributed by atoms with van der Waals surface area (Å²) in [6, 6.07) is 68.5. The van der Waals surface area contributed by atoms with Crippen molar-refractivity contribution in [3.05, 3.63) is 199 Å². The van der Waals surface area contributed by atoms with E-state index in [0.717, 1.165) is 34.8 Å². The van der Waals surface area contributed by atoms with Gasteiger partial charge in [-0.05, 0) is 158 Å². The molecule has 1 heteroatoms. The third kappa shape index (κ3) is 5.73. The highest BCUT2D eigenvalue weighted by Crippen LogP contribution is 2.61. The number of para-hydroxylation sites is 1. The number of hydrogen-bond donors (Lipinski definition) is 0. The fraction of sp³-hybridized carbons (Fsp3) is 0.220. The minimum absolute atomic E-state index is 0.102. The number of anilines is 3. The monoisotopic (exact) mass is 773 g/mol. The van der Waals surface area contributed by atoms with Crippen molar-refractivity contribution in [3.8, 4) is 44.5 Å². The first-order chi connectivity index (χ1) is 29.4. The Morgan fingerprint density at radius 3 is 1.60 bits per heavy atom. The van der Waals surface area contributed by atoms with Crippen molar-refractivity contribution in [2.24, 2.45) is 17.8 Å². The minimum atomic E-state index is -0.102. The van der Waals surface area contributed by atoms with E-state index in [2.05, 4.69) is 201 Å². The maximum absolute atomic E-state index is 2.47. The van der Waals surface area contributed by atoms with Crippen LogP contribution in [0.3, 0.4) is 0 Å². The third-order valence-corrected chi connectivity index (χ3v) is 15.3. The summed E-state index contributed by atoms with van der Waals surface area (Å²) in [4.78, 5) is 2.47. The highest BCUT2D eigenvalue weighted by molar-refractivity contribution is 6.01. The lowest BCUT2D eigenvalue weighted by Crippen LogP contribution is -2.48. The van der Waals surface area contributed by atoms with Crippen LogP contribution >= 0.6 is 0 Å². The Morgan fingerprint density at radius 1 is 0.417 bits per heavy atom. The Kier molecular flexibility index (Phi) is 8.15. The molecule has 13 rings (SSSR count). The zero-order chi connectivity index (χ0) is 40.0. The second-order valence-corrected chi connectivity index (χ2v) is 19.2. The summed E-state index contributed by atoms with van der Waals surface area (Å²) in [5.74, 6) is 2.91. The lowest BCUT2D eigenvalue weighted by atomic mass is 9.48. The van der Waals surface area contributed by atoms with Crippen molar-refractivity contribution in [1.82, 2.24) is 0 Å². The third-order valence-electron chi connectivity index (χ3n) is 15.3. The van der Waals surface area contributed by atoms with E-state index in [1.165, 1.54) is 105 Å². The summed E-state index contributed by atoms with van der Waals surface area (Å²) in [6.45, 7) is 4.74. The Balaban J connectivity index is 0.893. The molecule has 8 aromatic carbocycles. The van der Waals surface area contributed by atoms with E-state index in [0.29, 0.717) is 5.41 Å². The lowest BCUT2D eigenvalue weighted by Gasteiger charge is -2.57. The molecule has 0 heterocycles. The molecule has 8 aromatic rings. The van der Waals surface area contributed by atoms with E-state index in [1.807, 2.05) is 0 Å². The number of fused-ring (bicyclic) bond motifs is 4. The largest absolute Gasteiger partial charge is 0.310 e. The number of benzene rings is 8. The van der Waals surface area contributed by atoms with Gasteiger partial charge in [-0.1, -0.05) is 166 Å². The molecule has 1 nitrogen and oxygen atoms in total. The average Bonchev–Trinajstić information content (AvgIpc) is 3.51. The van der Waals surface area contributed by atoms with Gasteiger partial charge in [-0.15, -0.1) is 0 Å². The zero-order valence-corrected chi connectivity index (χ0v) is 34.7. The standard InChI is InChI=1S/C59H51N/c1-58(2)55-16-7-5-13-52(55)53-31-30-49(35-56(53)58)60(57-17-8-6-14-54(57)51-15-9-11-46-10-3-4-12-50(46)51)48-28-24-45(25-29-48)43-20-18-42(19-21-43)44-22-26-47(27-23-44)59-36-39-32-40(37-59)34-41(33-39)38-59/h3-31,35,39-41H,32-34,36-38H2,1-2H3. The molecular weight excluding hydrogens is 723 g/mol. The molecule has 5 aliphatic rings. The summed E-state index contributed by atoms with van der Waals surface area (Å²) in [6.07, 6.45) is 8.73. The van der Waals surface area contributed by atoms with Crippen molar-refractivity contribution < 1.29 is 0 Å². The molecule has 4 saturated carbocycles. The Labute approximate surface area is 355 Å². The molecule has 4 bridgehead atoms. The maximum Gasteiger partial charge on any atom is 0.0540 e. The number of hydrogen-bond acceptors (Lipinski definition) is 1. The molecule has 292 valence electrons. The molecule has 5 aliphatic carbocycles. The van der Waals surface area contributed by atoms with Crippen LogP contribution in [0, 0.1) is 17.8 Å². The molecule has 0 unspecified atom stereocenters. The summed E-state index contributed by atoms with van der Waals surface area (Å²) in [5, 5.41) is 2.51. The van der Waals surface area contributed by atoms with Gasteiger partial charge in [0.25, 0.3) is 0 Å². The van der Waals surface area contributed by atoms with Gasteiger partial charge in [-0.3, -0.25) is 0 Å². The van der Waals surface area contributed by atoms with Gasteiger partial charge >= 0.3 is 0 Å². The minimum Gasteiger partial charge on any atom is -0.310 e.